The van der Waals surface area contributed by atoms with Gasteiger partial charge in [0, 0.05) is 0 Å². The average Bonchev–Trinajstić information content (AvgIpc) is 2.38. The maximum atomic E-state index is 11.1. The van der Waals surface area contributed by atoms with Crippen molar-refractivity contribution in [3.63, 3.8) is 0 Å². The molecule has 1 amide bonds. The van der Waals surface area contributed by atoms with Crippen LogP contribution in [-0.4, -0.2) is 5.91 Å². The Bertz CT molecular complexity index is 558. The SMILES string of the molecule is Cc1ccccc1-c1ccc(C(C)C(N)=O)cc1. The largest absolute Gasteiger partial charge is 0.369 e. The van der Waals surface area contributed by atoms with Gasteiger partial charge in [-0.1, -0.05) is 48.5 Å². The van der Waals surface area contributed by atoms with E-state index in [2.05, 4.69) is 19.1 Å². The van der Waals surface area contributed by atoms with Gasteiger partial charge in [0.15, 0.2) is 0 Å². The smallest absolute Gasteiger partial charge is 0.224 e. The van der Waals surface area contributed by atoms with E-state index in [1.807, 2.05) is 43.3 Å². The highest BCUT2D eigenvalue weighted by Gasteiger charge is 2.11. The standard InChI is InChI=1S/C16H17NO/c1-11-5-3-4-6-15(11)14-9-7-13(8-10-14)12(2)16(17)18/h3-10,12H,1-2H3,(H2,17,18). The van der Waals surface area contributed by atoms with Gasteiger partial charge in [-0.2, -0.15) is 0 Å². The molecule has 2 aromatic carbocycles. The Morgan fingerprint density at radius 2 is 1.67 bits per heavy atom. The third kappa shape index (κ3) is 2.43. The third-order valence-electron chi connectivity index (χ3n) is 3.29. The van der Waals surface area contributed by atoms with E-state index < -0.39 is 0 Å². The minimum atomic E-state index is -0.293. The fraction of sp³-hybridized carbons (Fsp3) is 0.188. The van der Waals surface area contributed by atoms with Gasteiger partial charge in [-0.15, -0.1) is 0 Å². The fourth-order valence-electron chi connectivity index (χ4n) is 2.01. The van der Waals surface area contributed by atoms with E-state index in [-0.39, 0.29) is 11.8 Å². The number of benzene rings is 2. The van der Waals surface area contributed by atoms with Crippen molar-refractivity contribution in [2.75, 3.05) is 0 Å². The Morgan fingerprint density at radius 3 is 2.22 bits per heavy atom. The summed E-state index contributed by atoms with van der Waals surface area (Å²) in [6.07, 6.45) is 0. The van der Waals surface area contributed by atoms with Crippen molar-refractivity contribution < 1.29 is 4.79 Å². The normalized spacial score (nSPS) is 12.1. The van der Waals surface area contributed by atoms with E-state index >= 15 is 0 Å². The zero-order valence-corrected chi connectivity index (χ0v) is 10.7. The highest BCUT2D eigenvalue weighted by Crippen LogP contribution is 2.25. The summed E-state index contributed by atoms with van der Waals surface area (Å²) in [7, 11) is 0. The Balaban J connectivity index is 2.34. The first-order valence-corrected chi connectivity index (χ1v) is 6.05. The fourth-order valence-corrected chi connectivity index (χ4v) is 2.01. The van der Waals surface area contributed by atoms with E-state index in [0.717, 1.165) is 11.1 Å². The summed E-state index contributed by atoms with van der Waals surface area (Å²) < 4.78 is 0. The van der Waals surface area contributed by atoms with Crippen LogP contribution in [0.1, 0.15) is 24.0 Å². The number of amides is 1. The Morgan fingerprint density at radius 1 is 1.06 bits per heavy atom. The van der Waals surface area contributed by atoms with E-state index in [1.165, 1.54) is 11.1 Å². The number of hydrogen-bond donors (Lipinski definition) is 1. The number of carbonyl (C=O) groups is 1. The molecule has 0 aromatic heterocycles. The Labute approximate surface area is 107 Å². The minimum Gasteiger partial charge on any atom is -0.369 e. The summed E-state index contributed by atoms with van der Waals surface area (Å²) in [5, 5.41) is 0. The predicted octanol–water partition coefficient (Wildman–Crippen LogP) is 3.25. The van der Waals surface area contributed by atoms with E-state index in [4.69, 9.17) is 5.73 Å². The Kier molecular flexibility index (Phi) is 3.47. The van der Waals surface area contributed by atoms with Crippen molar-refractivity contribution >= 4 is 5.91 Å². The molecule has 0 saturated heterocycles. The molecule has 0 radical (unpaired) electrons. The molecule has 0 aliphatic rings. The molecule has 2 aromatic rings. The van der Waals surface area contributed by atoms with Crippen molar-refractivity contribution in [2.45, 2.75) is 19.8 Å². The minimum absolute atomic E-state index is 0.240. The molecule has 1 atom stereocenters. The van der Waals surface area contributed by atoms with Crippen molar-refractivity contribution in [2.24, 2.45) is 5.73 Å². The van der Waals surface area contributed by atoms with Crippen molar-refractivity contribution in [3.8, 4) is 11.1 Å². The van der Waals surface area contributed by atoms with Crippen LogP contribution in [0.15, 0.2) is 48.5 Å². The molecule has 0 saturated carbocycles. The molecule has 0 aliphatic carbocycles. The van der Waals surface area contributed by atoms with Crippen LogP contribution >= 0.6 is 0 Å². The van der Waals surface area contributed by atoms with Crippen LogP contribution in [0.2, 0.25) is 0 Å². The van der Waals surface area contributed by atoms with Gasteiger partial charge in [0.1, 0.15) is 0 Å². The van der Waals surface area contributed by atoms with Crippen LogP contribution in [0, 0.1) is 6.92 Å². The number of aryl methyl sites for hydroxylation is 1. The maximum Gasteiger partial charge on any atom is 0.224 e. The molecule has 2 N–H and O–H groups in total. The van der Waals surface area contributed by atoms with Crippen LogP contribution in [0.4, 0.5) is 0 Å². The molecule has 1 unspecified atom stereocenters. The molecule has 2 heteroatoms. The van der Waals surface area contributed by atoms with Gasteiger partial charge in [0.05, 0.1) is 5.92 Å². The van der Waals surface area contributed by atoms with Gasteiger partial charge in [0.25, 0.3) is 0 Å². The van der Waals surface area contributed by atoms with E-state index in [1.54, 1.807) is 0 Å². The summed E-state index contributed by atoms with van der Waals surface area (Å²) >= 11 is 0. The van der Waals surface area contributed by atoms with Crippen LogP contribution in [0.3, 0.4) is 0 Å². The number of hydrogen-bond acceptors (Lipinski definition) is 1. The molecule has 2 rings (SSSR count). The molecule has 0 spiro atoms. The predicted molar refractivity (Wildman–Crippen MR) is 74.2 cm³/mol. The zero-order chi connectivity index (χ0) is 13.1. The highest BCUT2D eigenvalue weighted by molar-refractivity contribution is 5.81. The first-order chi connectivity index (χ1) is 8.59. The molecular weight excluding hydrogens is 222 g/mol. The lowest BCUT2D eigenvalue weighted by Crippen LogP contribution is -2.18. The molecule has 18 heavy (non-hydrogen) atoms. The summed E-state index contributed by atoms with van der Waals surface area (Å²) in [5.74, 6) is -0.533. The lowest BCUT2D eigenvalue weighted by atomic mass is 9.95. The first-order valence-electron chi connectivity index (χ1n) is 6.05. The third-order valence-corrected chi connectivity index (χ3v) is 3.29. The molecule has 0 heterocycles. The number of nitrogens with two attached hydrogens (primary N) is 1. The number of primary amides is 1. The second-order valence-corrected chi connectivity index (χ2v) is 4.56. The van der Waals surface area contributed by atoms with E-state index in [9.17, 15) is 4.79 Å². The van der Waals surface area contributed by atoms with Gasteiger partial charge < -0.3 is 5.73 Å². The summed E-state index contributed by atoms with van der Waals surface area (Å²) in [4.78, 5) is 11.1. The van der Waals surface area contributed by atoms with Crippen molar-refractivity contribution in [1.29, 1.82) is 0 Å². The van der Waals surface area contributed by atoms with Crippen LogP contribution in [0.5, 0.6) is 0 Å². The number of carbonyl (C=O) groups excluding carboxylic acids is 1. The van der Waals surface area contributed by atoms with Crippen LogP contribution in [0.25, 0.3) is 11.1 Å². The quantitative estimate of drug-likeness (QED) is 0.877. The second kappa shape index (κ2) is 5.05. The number of rotatable bonds is 3. The maximum absolute atomic E-state index is 11.1. The average molecular weight is 239 g/mol. The topological polar surface area (TPSA) is 43.1 Å². The molecular formula is C16H17NO. The highest BCUT2D eigenvalue weighted by atomic mass is 16.1. The lowest BCUT2D eigenvalue weighted by Gasteiger charge is -2.10. The monoisotopic (exact) mass is 239 g/mol. The van der Waals surface area contributed by atoms with Gasteiger partial charge >= 0.3 is 0 Å². The van der Waals surface area contributed by atoms with Gasteiger partial charge in [-0.25, -0.2) is 0 Å². The van der Waals surface area contributed by atoms with Gasteiger partial charge in [-0.05, 0) is 36.1 Å². The molecule has 2 nitrogen and oxygen atoms in total. The summed E-state index contributed by atoms with van der Waals surface area (Å²) in [5.41, 5.74) is 9.88. The second-order valence-electron chi connectivity index (χ2n) is 4.56. The Hall–Kier alpha value is -2.09. The van der Waals surface area contributed by atoms with Crippen LogP contribution < -0.4 is 5.73 Å². The first kappa shape index (κ1) is 12.4. The van der Waals surface area contributed by atoms with Gasteiger partial charge in [-0.3, -0.25) is 4.79 Å². The molecule has 0 fully saturated rings. The summed E-state index contributed by atoms with van der Waals surface area (Å²) in [6.45, 7) is 3.92. The summed E-state index contributed by atoms with van der Waals surface area (Å²) in [6, 6.07) is 16.3. The zero-order valence-electron chi connectivity index (χ0n) is 10.7. The molecule has 0 aliphatic heterocycles. The molecule has 92 valence electrons. The lowest BCUT2D eigenvalue weighted by molar-refractivity contribution is -0.119. The van der Waals surface area contributed by atoms with E-state index in [0.29, 0.717) is 0 Å². The van der Waals surface area contributed by atoms with Gasteiger partial charge in [0.2, 0.25) is 5.91 Å². The van der Waals surface area contributed by atoms with Crippen molar-refractivity contribution in [1.82, 2.24) is 0 Å². The van der Waals surface area contributed by atoms with Crippen LogP contribution in [-0.2, 0) is 4.79 Å². The molecule has 0 bridgehead atoms. The van der Waals surface area contributed by atoms with Crippen molar-refractivity contribution in [3.05, 3.63) is 59.7 Å².